The fraction of sp³-hybridized carbons (Fsp3) is 0.619. The molecule has 1 N–H and O–H groups in total. The van der Waals surface area contributed by atoms with Crippen molar-refractivity contribution in [2.75, 3.05) is 50.7 Å². The van der Waals surface area contributed by atoms with E-state index < -0.39 is 0 Å². The molecule has 0 radical (unpaired) electrons. The van der Waals surface area contributed by atoms with E-state index in [9.17, 15) is 14.0 Å². The number of likely N-dealkylation sites (tertiary alicyclic amines) is 1. The highest BCUT2D eigenvalue weighted by Crippen LogP contribution is 2.23. The second-order valence-electron chi connectivity index (χ2n) is 8.15. The van der Waals surface area contributed by atoms with Crippen LogP contribution in [0.2, 0.25) is 0 Å². The Morgan fingerprint density at radius 1 is 0.964 bits per heavy atom. The van der Waals surface area contributed by atoms with E-state index in [0.717, 1.165) is 38.8 Å². The Morgan fingerprint density at radius 3 is 2.29 bits per heavy atom. The van der Waals surface area contributed by atoms with Gasteiger partial charge in [0.25, 0.3) is 0 Å². The van der Waals surface area contributed by atoms with Gasteiger partial charge < -0.3 is 15.1 Å². The molecule has 3 aliphatic rings. The third kappa shape index (κ3) is 4.63. The first kappa shape index (κ1) is 19.2. The molecule has 1 aromatic rings. The molecule has 152 valence electrons. The Hall–Kier alpha value is -2.15. The second-order valence-corrected chi connectivity index (χ2v) is 8.15. The normalized spacial score (nSPS) is 21.6. The Kier molecular flexibility index (Phi) is 5.80. The summed E-state index contributed by atoms with van der Waals surface area (Å²) in [5.41, 5.74) is 0.612. The summed E-state index contributed by atoms with van der Waals surface area (Å²) in [6, 6.07) is 7.20. The molecule has 0 bridgehead atoms. The summed E-state index contributed by atoms with van der Waals surface area (Å²) in [7, 11) is 0. The predicted molar refractivity (Wildman–Crippen MR) is 106 cm³/mol. The van der Waals surface area contributed by atoms with Crippen molar-refractivity contribution >= 4 is 17.5 Å². The minimum atomic E-state index is -0.212. The van der Waals surface area contributed by atoms with Crippen molar-refractivity contribution in [3.63, 3.8) is 0 Å². The number of piperazine rings is 1. The van der Waals surface area contributed by atoms with E-state index in [4.69, 9.17) is 0 Å². The van der Waals surface area contributed by atoms with Gasteiger partial charge in [-0.3, -0.25) is 14.5 Å². The zero-order chi connectivity index (χ0) is 19.5. The van der Waals surface area contributed by atoms with Crippen molar-refractivity contribution in [3.8, 4) is 0 Å². The molecule has 1 saturated carbocycles. The first-order chi connectivity index (χ1) is 13.6. The molecule has 7 heteroatoms. The number of carbonyl (C=O) groups excluding carboxylic acids is 2. The topological polar surface area (TPSA) is 55.9 Å². The maximum atomic E-state index is 13.9. The van der Waals surface area contributed by atoms with Gasteiger partial charge in [-0.15, -0.1) is 0 Å². The van der Waals surface area contributed by atoms with Crippen molar-refractivity contribution in [3.05, 3.63) is 30.1 Å². The Morgan fingerprint density at radius 2 is 1.64 bits per heavy atom. The van der Waals surface area contributed by atoms with Gasteiger partial charge in [-0.05, 0) is 50.9 Å². The molecule has 2 heterocycles. The molecule has 4 rings (SSSR count). The van der Waals surface area contributed by atoms with Crippen molar-refractivity contribution < 1.29 is 14.0 Å². The summed E-state index contributed by atoms with van der Waals surface area (Å²) < 4.78 is 13.9. The highest BCUT2D eigenvalue weighted by molar-refractivity contribution is 5.80. The van der Waals surface area contributed by atoms with E-state index in [-0.39, 0.29) is 23.5 Å². The van der Waals surface area contributed by atoms with Crippen molar-refractivity contribution in [1.29, 1.82) is 0 Å². The third-order valence-corrected chi connectivity index (χ3v) is 6.07. The van der Waals surface area contributed by atoms with Crippen LogP contribution in [0.3, 0.4) is 0 Å². The molecule has 2 aliphatic heterocycles. The summed E-state index contributed by atoms with van der Waals surface area (Å²) >= 11 is 0. The quantitative estimate of drug-likeness (QED) is 0.830. The van der Waals surface area contributed by atoms with Gasteiger partial charge in [0.15, 0.2) is 0 Å². The standard InChI is InChI=1S/C21H29FN4O2/c22-18-3-1-2-4-19(18)25-11-13-26(14-12-25)20(27)15-24-9-7-16(8-10-24)21(28)23-17-5-6-17/h1-4,16-17H,5-15H2,(H,23,28). The summed E-state index contributed by atoms with van der Waals surface area (Å²) in [6.45, 7) is 4.54. The molecule has 2 saturated heterocycles. The van der Waals surface area contributed by atoms with Gasteiger partial charge in [0.2, 0.25) is 11.8 Å². The zero-order valence-corrected chi connectivity index (χ0v) is 16.3. The van der Waals surface area contributed by atoms with Crippen LogP contribution >= 0.6 is 0 Å². The lowest BCUT2D eigenvalue weighted by Crippen LogP contribution is -2.52. The van der Waals surface area contributed by atoms with Gasteiger partial charge in [-0.1, -0.05) is 12.1 Å². The number of rotatable bonds is 5. The van der Waals surface area contributed by atoms with E-state index in [1.807, 2.05) is 15.9 Å². The van der Waals surface area contributed by atoms with E-state index in [0.29, 0.717) is 44.5 Å². The molecule has 1 aromatic carbocycles. The van der Waals surface area contributed by atoms with Gasteiger partial charge in [0, 0.05) is 38.1 Å². The number of nitrogens with one attached hydrogen (secondary N) is 1. The van der Waals surface area contributed by atoms with Crippen LogP contribution in [0.1, 0.15) is 25.7 Å². The van der Waals surface area contributed by atoms with Crippen molar-refractivity contribution in [1.82, 2.24) is 15.1 Å². The number of hydrogen-bond acceptors (Lipinski definition) is 4. The fourth-order valence-electron chi connectivity index (χ4n) is 4.10. The Balaban J connectivity index is 1.20. The molecule has 0 spiro atoms. The van der Waals surface area contributed by atoms with Gasteiger partial charge in [0.1, 0.15) is 5.82 Å². The number of hydrogen-bond donors (Lipinski definition) is 1. The van der Waals surface area contributed by atoms with E-state index >= 15 is 0 Å². The summed E-state index contributed by atoms with van der Waals surface area (Å²) in [5.74, 6) is 0.207. The number of para-hydroxylation sites is 1. The molecule has 0 atom stereocenters. The third-order valence-electron chi connectivity index (χ3n) is 6.07. The van der Waals surface area contributed by atoms with Crippen LogP contribution in [-0.2, 0) is 9.59 Å². The highest BCUT2D eigenvalue weighted by Gasteiger charge is 2.31. The van der Waals surface area contributed by atoms with Gasteiger partial charge in [-0.2, -0.15) is 0 Å². The molecular weight excluding hydrogens is 359 g/mol. The predicted octanol–water partition coefficient (Wildman–Crippen LogP) is 1.46. The van der Waals surface area contributed by atoms with Gasteiger partial charge in [-0.25, -0.2) is 4.39 Å². The van der Waals surface area contributed by atoms with Crippen LogP contribution in [0, 0.1) is 11.7 Å². The minimum absolute atomic E-state index is 0.0938. The molecule has 1 aliphatic carbocycles. The van der Waals surface area contributed by atoms with Crippen molar-refractivity contribution in [2.24, 2.45) is 5.92 Å². The SMILES string of the molecule is O=C(NC1CC1)C1CCN(CC(=O)N2CCN(c3ccccc3F)CC2)CC1. The molecular formula is C21H29FN4O2. The van der Waals surface area contributed by atoms with Crippen LogP contribution in [0.15, 0.2) is 24.3 Å². The lowest BCUT2D eigenvalue weighted by Gasteiger charge is -2.38. The van der Waals surface area contributed by atoms with Crippen molar-refractivity contribution in [2.45, 2.75) is 31.7 Å². The first-order valence-electron chi connectivity index (χ1n) is 10.4. The van der Waals surface area contributed by atoms with E-state index in [1.54, 1.807) is 12.1 Å². The average Bonchev–Trinajstić information content (AvgIpc) is 3.53. The molecule has 0 unspecified atom stereocenters. The van der Waals surface area contributed by atoms with Gasteiger partial charge >= 0.3 is 0 Å². The van der Waals surface area contributed by atoms with E-state index in [2.05, 4.69) is 10.2 Å². The number of nitrogens with zero attached hydrogens (tertiary/aromatic N) is 3. The fourth-order valence-corrected chi connectivity index (χ4v) is 4.10. The smallest absolute Gasteiger partial charge is 0.236 e. The monoisotopic (exact) mass is 388 g/mol. The van der Waals surface area contributed by atoms with E-state index in [1.165, 1.54) is 6.07 Å². The maximum Gasteiger partial charge on any atom is 0.236 e. The molecule has 28 heavy (non-hydrogen) atoms. The molecule has 2 amide bonds. The second kappa shape index (κ2) is 8.47. The number of carbonyl (C=O) groups is 2. The number of piperidine rings is 1. The number of benzene rings is 1. The summed E-state index contributed by atoms with van der Waals surface area (Å²) in [4.78, 5) is 30.9. The lowest BCUT2D eigenvalue weighted by atomic mass is 9.96. The van der Waals surface area contributed by atoms with Crippen LogP contribution in [0.4, 0.5) is 10.1 Å². The zero-order valence-electron chi connectivity index (χ0n) is 16.3. The Labute approximate surface area is 165 Å². The number of anilines is 1. The lowest BCUT2D eigenvalue weighted by molar-refractivity contribution is -0.133. The number of halogens is 1. The largest absolute Gasteiger partial charge is 0.366 e. The summed E-state index contributed by atoms with van der Waals surface area (Å²) in [6.07, 6.45) is 3.88. The summed E-state index contributed by atoms with van der Waals surface area (Å²) in [5, 5.41) is 3.09. The Bertz CT molecular complexity index is 708. The van der Waals surface area contributed by atoms with Crippen LogP contribution in [0.5, 0.6) is 0 Å². The van der Waals surface area contributed by atoms with Gasteiger partial charge in [0.05, 0.1) is 12.2 Å². The maximum absolute atomic E-state index is 13.9. The minimum Gasteiger partial charge on any atom is -0.366 e. The average molecular weight is 388 g/mol. The first-order valence-corrected chi connectivity index (χ1v) is 10.4. The molecule has 0 aromatic heterocycles. The number of amides is 2. The molecule has 3 fully saturated rings. The molecule has 6 nitrogen and oxygen atoms in total. The van der Waals surface area contributed by atoms with Crippen LogP contribution in [0.25, 0.3) is 0 Å². The van der Waals surface area contributed by atoms with Crippen LogP contribution < -0.4 is 10.2 Å². The highest BCUT2D eigenvalue weighted by atomic mass is 19.1. The van der Waals surface area contributed by atoms with Crippen LogP contribution in [-0.4, -0.2) is 73.5 Å².